The summed E-state index contributed by atoms with van der Waals surface area (Å²) in [6.45, 7) is 2.57. The van der Waals surface area contributed by atoms with E-state index in [2.05, 4.69) is 4.74 Å². The number of ether oxygens (including phenoxy) is 1. The van der Waals surface area contributed by atoms with Gasteiger partial charge in [-0.1, -0.05) is 18.3 Å². The van der Waals surface area contributed by atoms with Crippen molar-refractivity contribution in [1.82, 2.24) is 4.57 Å². The van der Waals surface area contributed by atoms with E-state index in [4.69, 9.17) is 5.41 Å². The van der Waals surface area contributed by atoms with Crippen LogP contribution in [-0.2, 0) is 6.54 Å². The van der Waals surface area contributed by atoms with E-state index < -0.39 is 18.0 Å². The summed E-state index contributed by atoms with van der Waals surface area (Å²) in [5.74, 6) is 1.13. The van der Waals surface area contributed by atoms with Crippen LogP contribution in [0.15, 0.2) is 18.2 Å². The first-order valence-electron chi connectivity index (χ1n) is 6.55. The average molecular weight is 372 g/mol. The van der Waals surface area contributed by atoms with Crippen LogP contribution in [0.4, 0.5) is 22.0 Å². The van der Waals surface area contributed by atoms with Crippen molar-refractivity contribution < 1.29 is 26.7 Å². The lowest BCUT2D eigenvalue weighted by molar-refractivity contribution is -0.360. The summed E-state index contributed by atoms with van der Waals surface area (Å²) in [5, 5.41) is 7.89. The summed E-state index contributed by atoms with van der Waals surface area (Å²) in [4.78, 5) is 0.205. The fourth-order valence-corrected chi connectivity index (χ4v) is 3.43. The summed E-state index contributed by atoms with van der Waals surface area (Å²) in [6.07, 6.45) is -11.0. The molecule has 128 valence electrons. The Hall–Kier alpha value is -1.29. The third-order valence-corrected chi connectivity index (χ3v) is 4.75. The molecule has 23 heavy (non-hydrogen) atoms. The lowest BCUT2D eigenvalue weighted by Gasteiger charge is -2.20. The van der Waals surface area contributed by atoms with Crippen LogP contribution in [0, 0.1) is 5.41 Å². The molecule has 1 heterocycles. The van der Waals surface area contributed by atoms with Crippen LogP contribution in [0.1, 0.15) is 6.92 Å². The van der Waals surface area contributed by atoms with Crippen molar-refractivity contribution in [3.05, 3.63) is 23.0 Å². The standard InChI is InChI=1S/C13H13F5N2OS2/c1-2-22-6-5-20-9-4-3-8(7-10(9)23-11(20)19)21-13(17,18)12(14,15)16/h3-4,7,19H,2,5-6H2,1H3. The van der Waals surface area contributed by atoms with Crippen LogP contribution in [0.3, 0.4) is 0 Å². The third-order valence-electron chi connectivity index (χ3n) is 2.91. The second kappa shape index (κ2) is 6.68. The zero-order chi connectivity index (χ0) is 17.3. The number of halogens is 5. The SMILES string of the molecule is CCSCCn1c(=N)sc2cc(OC(F)(F)C(F)(F)F)ccc21. The molecule has 10 heteroatoms. The van der Waals surface area contributed by atoms with Crippen molar-refractivity contribution in [1.29, 1.82) is 5.41 Å². The fourth-order valence-electron chi connectivity index (χ4n) is 1.86. The van der Waals surface area contributed by atoms with Gasteiger partial charge >= 0.3 is 12.3 Å². The number of aromatic nitrogens is 1. The number of benzene rings is 1. The second-order valence-electron chi connectivity index (χ2n) is 4.50. The van der Waals surface area contributed by atoms with Crippen LogP contribution in [-0.4, -0.2) is 28.4 Å². The van der Waals surface area contributed by atoms with Gasteiger partial charge in [0.05, 0.1) is 10.2 Å². The van der Waals surface area contributed by atoms with E-state index in [9.17, 15) is 22.0 Å². The Labute approximate surface area is 136 Å². The lowest BCUT2D eigenvalue weighted by atomic mass is 10.3. The van der Waals surface area contributed by atoms with Gasteiger partial charge in [-0.15, -0.1) is 0 Å². The molecule has 0 atom stereocenters. The van der Waals surface area contributed by atoms with Crippen molar-refractivity contribution in [3.8, 4) is 5.75 Å². The van der Waals surface area contributed by atoms with E-state index >= 15 is 0 Å². The van der Waals surface area contributed by atoms with Crippen LogP contribution in [0.25, 0.3) is 10.2 Å². The Balaban J connectivity index is 2.29. The highest BCUT2D eigenvalue weighted by Gasteiger charge is 2.61. The summed E-state index contributed by atoms with van der Waals surface area (Å²) in [6, 6.07) is 3.54. The van der Waals surface area contributed by atoms with E-state index in [1.807, 2.05) is 6.92 Å². The number of thiazole rings is 1. The smallest absolute Gasteiger partial charge is 0.426 e. The maximum Gasteiger partial charge on any atom is 0.499 e. The van der Waals surface area contributed by atoms with Gasteiger partial charge in [0.2, 0.25) is 0 Å². The molecule has 1 aromatic carbocycles. The second-order valence-corrected chi connectivity index (χ2v) is 6.93. The number of thioether (sulfide) groups is 1. The molecule has 0 spiro atoms. The number of hydrogen-bond acceptors (Lipinski definition) is 4. The van der Waals surface area contributed by atoms with Gasteiger partial charge in [0.1, 0.15) is 5.75 Å². The topological polar surface area (TPSA) is 38.0 Å². The van der Waals surface area contributed by atoms with Crippen molar-refractivity contribution in [2.45, 2.75) is 25.8 Å². The van der Waals surface area contributed by atoms with Crippen LogP contribution in [0.2, 0.25) is 0 Å². The zero-order valence-electron chi connectivity index (χ0n) is 11.9. The highest BCUT2D eigenvalue weighted by Crippen LogP contribution is 2.38. The highest BCUT2D eigenvalue weighted by atomic mass is 32.2. The van der Waals surface area contributed by atoms with E-state index in [0.717, 1.165) is 35.0 Å². The Bertz CT molecular complexity index is 738. The third kappa shape index (κ3) is 3.97. The molecule has 0 bridgehead atoms. The maximum absolute atomic E-state index is 12.9. The Morgan fingerprint density at radius 3 is 2.57 bits per heavy atom. The molecule has 1 N–H and O–H groups in total. The van der Waals surface area contributed by atoms with Gasteiger partial charge in [-0.05, 0) is 24.0 Å². The number of nitrogens with one attached hydrogen (secondary N) is 1. The van der Waals surface area contributed by atoms with E-state index in [-0.39, 0.29) is 4.80 Å². The first-order chi connectivity index (χ1) is 10.7. The molecule has 0 radical (unpaired) electrons. The average Bonchev–Trinajstić information content (AvgIpc) is 2.73. The van der Waals surface area contributed by atoms with Gasteiger partial charge < -0.3 is 9.30 Å². The molecule has 3 nitrogen and oxygen atoms in total. The lowest BCUT2D eigenvalue weighted by Crippen LogP contribution is -2.41. The van der Waals surface area contributed by atoms with E-state index in [1.165, 1.54) is 6.07 Å². The normalized spacial score (nSPS) is 12.8. The molecule has 2 rings (SSSR count). The number of nitrogens with zero attached hydrogens (tertiary/aromatic N) is 1. The van der Waals surface area contributed by atoms with Crippen LogP contribution >= 0.6 is 23.1 Å². The van der Waals surface area contributed by atoms with E-state index in [1.54, 1.807) is 16.3 Å². The number of hydrogen-bond donors (Lipinski definition) is 1. The van der Waals surface area contributed by atoms with Gasteiger partial charge in [-0.2, -0.15) is 33.7 Å². The molecule has 0 saturated carbocycles. The van der Waals surface area contributed by atoms with Crippen molar-refractivity contribution >= 4 is 33.3 Å². The zero-order valence-corrected chi connectivity index (χ0v) is 13.5. The predicted octanol–water partition coefficient (Wildman–Crippen LogP) is 4.47. The maximum atomic E-state index is 12.9. The highest BCUT2D eigenvalue weighted by molar-refractivity contribution is 7.99. The largest absolute Gasteiger partial charge is 0.499 e. The van der Waals surface area contributed by atoms with Crippen LogP contribution < -0.4 is 9.54 Å². The Morgan fingerprint density at radius 2 is 1.96 bits per heavy atom. The van der Waals surface area contributed by atoms with Gasteiger partial charge in [-0.25, -0.2) is 0 Å². The predicted molar refractivity (Wildman–Crippen MR) is 80.3 cm³/mol. The van der Waals surface area contributed by atoms with Crippen molar-refractivity contribution in [2.75, 3.05) is 11.5 Å². The molecule has 0 fully saturated rings. The van der Waals surface area contributed by atoms with Gasteiger partial charge in [0.25, 0.3) is 0 Å². The molecular formula is C13H13F5N2OS2. The van der Waals surface area contributed by atoms with Crippen molar-refractivity contribution in [2.24, 2.45) is 0 Å². The van der Waals surface area contributed by atoms with Gasteiger partial charge in [0, 0.05) is 12.3 Å². The molecule has 0 aliphatic carbocycles. The fraction of sp³-hybridized carbons (Fsp3) is 0.462. The molecule has 0 aliphatic heterocycles. The van der Waals surface area contributed by atoms with Gasteiger partial charge in [0.15, 0.2) is 4.80 Å². The monoisotopic (exact) mass is 372 g/mol. The first-order valence-corrected chi connectivity index (χ1v) is 8.52. The molecule has 0 amide bonds. The summed E-state index contributed by atoms with van der Waals surface area (Å²) < 4.78 is 68.2. The Morgan fingerprint density at radius 1 is 1.26 bits per heavy atom. The van der Waals surface area contributed by atoms with Crippen LogP contribution in [0.5, 0.6) is 5.75 Å². The summed E-state index contributed by atoms with van der Waals surface area (Å²) in [5.41, 5.74) is 0.611. The first kappa shape index (κ1) is 18.1. The molecule has 0 aliphatic rings. The van der Waals surface area contributed by atoms with Gasteiger partial charge in [-0.3, -0.25) is 5.41 Å². The molecule has 2 aromatic rings. The minimum atomic E-state index is -5.78. The quantitative estimate of drug-likeness (QED) is 0.600. The molecular weight excluding hydrogens is 359 g/mol. The molecule has 1 aromatic heterocycles. The minimum absolute atomic E-state index is 0.205. The molecule has 0 unspecified atom stereocenters. The number of fused-ring (bicyclic) bond motifs is 1. The minimum Gasteiger partial charge on any atom is -0.426 e. The summed E-state index contributed by atoms with van der Waals surface area (Å²) in [7, 11) is 0. The molecule has 0 saturated heterocycles. The Kier molecular flexibility index (Phi) is 5.24. The summed E-state index contributed by atoms with van der Waals surface area (Å²) >= 11 is 2.69. The number of aryl methyl sites for hydroxylation is 1. The number of alkyl halides is 5. The van der Waals surface area contributed by atoms with Crippen molar-refractivity contribution in [3.63, 3.8) is 0 Å². The van der Waals surface area contributed by atoms with E-state index in [0.29, 0.717) is 16.8 Å². The number of rotatable bonds is 6.